The predicted molar refractivity (Wildman–Crippen MR) is 172 cm³/mol. The van der Waals surface area contributed by atoms with E-state index in [9.17, 15) is 22.4 Å². The molecule has 0 saturated carbocycles. The normalized spacial score (nSPS) is 16.0. The fraction of sp³-hybridized carbons (Fsp3) is 0.323. The monoisotopic (exact) mass is 652 g/mol. The number of rotatable bonds is 4. The van der Waals surface area contributed by atoms with Crippen LogP contribution < -0.4 is 10.0 Å². The fourth-order valence-electron chi connectivity index (χ4n) is 4.72. The van der Waals surface area contributed by atoms with Crippen LogP contribution >= 0.6 is 24.6 Å². The third-order valence-corrected chi connectivity index (χ3v) is 8.23. The molecule has 4 aromatic rings. The van der Waals surface area contributed by atoms with E-state index >= 15 is 0 Å². The maximum atomic E-state index is 14.2. The van der Waals surface area contributed by atoms with E-state index < -0.39 is 17.6 Å². The summed E-state index contributed by atoms with van der Waals surface area (Å²) in [6, 6.07) is 16.6. The summed E-state index contributed by atoms with van der Waals surface area (Å²) in [5.74, 6) is 0.673. The number of aryl methyl sites for hydroxylation is 2. The van der Waals surface area contributed by atoms with Crippen molar-refractivity contribution in [2.24, 2.45) is 13.0 Å². The summed E-state index contributed by atoms with van der Waals surface area (Å²) in [7, 11) is 4.73. The molecule has 44 heavy (non-hydrogen) atoms. The Balaban J connectivity index is 0.000000893. The zero-order chi connectivity index (χ0) is 33.0. The number of nitrogens with zero attached hydrogens (tertiary/aromatic N) is 2. The Morgan fingerprint density at radius 3 is 2.25 bits per heavy atom. The number of aliphatic hydroxyl groups is 1. The zero-order valence-corrected chi connectivity index (χ0v) is 26.5. The van der Waals surface area contributed by atoms with Crippen LogP contribution in [-0.2, 0) is 22.8 Å². The molecule has 1 aromatic heterocycles. The van der Waals surface area contributed by atoms with Crippen molar-refractivity contribution in [2.75, 3.05) is 31.0 Å². The fourth-order valence-corrected chi connectivity index (χ4v) is 6.04. The van der Waals surface area contributed by atoms with Crippen molar-refractivity contribution < 1.29 is 32.3 Å². The summed E-state index contributed by atoms with van der Waals surface area (Å²) in [6.07, 6.45) is -4.06. The summed E-state index contributed by atoms with van der Waals surface area (Å²) in [4.78, 5) is 25.4. The van der Waals surface area contributed by atoms with E-state index in [0.717, 1.165) is 58.5 Å². The van der Waals surface area contributed by atoms with Crippen molar-refractivity contribution in [1.82, 2.24) is 14.3 Å². The number of thioether (sulfide) groups is 1. The number of carbonyl (C=O) groups is 2. The Hall–Kier alpha value is -3.39. The molecule has 3 N–H and O–H groups in total. The topological polar surface area (TPSA) is 96.2 Å². The standard InChI is InChI=1S/C28H25F4N3OS.CH5NS.CH4O.CH2O/c1-16-33-25-12-19(7-10-26(25)35(16)2)17-3-5-18(6-4-17)20-11-21(15-37-14-20)27(36)34-24-9-8-22(13-23(24)29)28(30,31)32;1-2-3;2*1-2/h3-10,12-13,20-21H,11,14-15H2,1-2H3,(H,34,36);2-3H,1H3;2H,1H3;1H2. The van der Waals surface area contributed by atoms with E-state index in [1.54, 1.807) is 18.8 Å². The lowest BCUT2D eigenvalue weighted by Crippen LogP contribution is -2.30. The van der Waals surface area contributed by atoms with Gasteiger partial charge in [-0.2, -0.15) is 24.9 Å². The number of hydrogen-bond donors (Lipinski definition) is 4. The second kappa shape index (κ2) is 17.2. The van der Waals surface area contributed by atoms with Crippen LogP contribution in [-0.4, -0.2) is 53.0 Å². The third-order valence-electron chi connectivity index (χ3n) is 6.95. The first-order chi connectivity index (χ1) is 21.0. The number of aromatic nitrogens is 2. The van der Waals surface area contributed by atoms with Gasteiger partial charge in [0.05, 0.1) is 22.3 Å². The number of halogens is 4. The molecule has 1 fully saturated rings. The Morgan fingerprint density at radius 1 is 1.05 bits per heavy atom. The molecular weight excluding hydrogens is 616 g/mol. The van der Waals surface area contributed by atoms with Crippen LogP contribution in [0.15, 0.2) is 60.7 Å². The second-order valence-electron chi connectivity index (χ2n) is 9.62. The van der Waals surface area contributed by atoms with E-state index in [4.69, 9.17) is 9.90 Å². The van der Waals surface area contributed by atoms with E-state index in [0.29, 0.717) is 18.2 Å². The minimum Gasteiger partial charge on any atom is -0.400 e. The third kappa shape index (κ3) is 9.31. The molecule has 5 rings (SSSR count). The number of fused-ring (bicyclic) bond motifs is 1. The van der Waals surface area contributed by atoms with Crippen LogP contribution in [0.4, 0.5) is 23.2 Å². The maximum Gasteiger partial charge on any atom is 0.416 e. The van der Waals surface area contributed by atoms with Crippen LogP contribution in [0.3, 0.4) is 0 Å². The van der Waals surface area contributed by atoms with Gasteiger partial charge in [-0.05, 0) is 73.3 Å². The van der Waals surface area contributed by atoms with Crippen LogP contribution in [0, 0.1) is 18.7 Å². The summed E-state index contributed by atoms with van der Waals surface area (Å²) in [5, 5.41) is 9.48. The number of nitrogens with one attached hydrogen (secondary N) is 2. The summed E-state index contributed by atoms with van der Waals surface area (Å²) in [6.45, 7) is 3.98. The van der Waals surface area contributed by atoms with Crippen molar-refractivity contribution in [3.63, 3.8) is 0 Å². The van der Waals surface area contributed by atoms with Crippen molar-refractivity contribution in [3.8, 4) is 11.1 Å². The lowest BCUT2D eigenvalue weighted by molar-refractivity contribution is -0.137. The molecule has 1 aliphatic rings. The van der Waals surface area contributed by atoms with Crippen molar-refractivity contribution in [3.05, 3.63) is 83.4 Å². The number of hydrogen-bond acceptors (Lipinski definition) is 7. The SMILES string of the molecule is C=O.CNS.CO.Cc1nc2cc(-c3ccc(C4CSCC(C(=O)Nc5ccc(C(F)(F)F)cc5F)C4)cc3)ccc2n1C. The second-order valence-corrected chi connectivity index (χ2v) is 11.1. The van der Waals surface area contributed by atoms with Gasteiger partial charge in [0.2, 0.25) is 5.91 Å². The molecular formula is C31H36F4N4O3S2. The Kier molecular flexibility index (Phi) is 14.4. The van der Waals surface area contributed by atoms with Crippen molar-refractivity contribution in [1.29, 1.82) is 0 Å². The molecule has 0 spiro atoms. The number of anilines is 1. The van der Waals surface area contributed by atoms with E-state index in [1.807, 2.05) is 20.8 Å². The van der Waals surface area contributed by atoms with Crippen LogP contribution in [0.2, 0.25) is 0 Å². The number of thiol groups is 1. The summed E-state index contributed by atoms with van der Waals surface area (Å²) in [5.41, 5.74) is 3.96. The maximum absolute atomic E-state index is 14.2. The highest BCUT2D eigenvalue weighted by Gasteiger charge is 2.32. The highest BCUT2D eigenvalue weighted by molar-refractivity contribution is 7.99. The lowest BCUT2D eigenvalue weighted by Gasteiger charge is -2.28. The van der Waals surface area contributed by atoms with Crippen LogP contribution in [0.1, 0.15) is 29.3 Å². The first-order valence-electron chi connectivity index (χ1n) is 13.3. The highest BCUT2D eigenvalue weighted by atomic mass is 32.2. The highest BCUT2D eigenvalue weighted by Crippen LogP contribution is 2.37. The number of benzene rings is 3. The minimum atomic E-state index is -4.64. The minimum absolute atomic E-state index is 0.141. The lowest BCUT2D eigenvalue weighted by atomic mass is 9.89. The first-order valence-corrected chi connectivity index (χ1v) is 14.9. The molecule has 1 saturated heterocycles. The van der Waals surface area contributed by atoms with E-state index in [1.165, 1.54) is 0 Å². The van der Waals surface area contributed by atoms with Crippen molar-refractivity contribution >= 4 is 54.0 Å². The Labute approximate surface area is 264 Å². The van der Waals surface area contributed by atoms with Gasteiger partial charge in [-0.3, -0.25) is 9.52 Å². The molecule has 2 atom stereocenters. The van der Waals surface area contributed by atoms with Gasteiger partial charge in [-0.15, -0.1) is 0 Å². The number of imidazole rings is 1. The number of aliphatic hydroxyl groups excluding tert-OH is 1. The molecule has 238 valence electrons. The Bertz CT molecular complexity index is 1510. The van der Waals surface area contributed by atoms with E-state index in [2.05, 4.69) is 74.9 Å². The molecule has 13 heteroatoms. The number of alkyl halides is 3. The summed E-state index contributed by atoms with van der Waals surface area (Å²) >= 11 is 5.19. The van der Waals surface area contributed by atoms with Crippen LogP contribution in [0.25, 0.3) is 22.2 Å². The molecule has 0 bridgehead atoms. The zero-order valence-electron chi connectivity index (χ0n) is 24.8. The summed E-state index contributed by atoms with van der Waals surface area (Å²) < 4.78 is 57.1. The van der Waals surface area contributed by atoms with Gasteiger partial charge in [0.25, 0.3) is 0 Å². The molecule has 1 amide bonds. The molecule has 2 heterocycles. The molecule has 1 aliphatic heterocycles. The molecule has 0 radical (unpaired) electrons. The number of amides is 1. The predicted octanol–water partition coefficient (Wildman–Crippen LogP) is 6.66. The number of carbonyl (C=O) groups excluding carboxylic acids is 2. The van der Waals surface area contributed by atoms with E-state index in [-0.39, 0.29) is 23.4 Å². The van der Waals surface area contributed by atoms with Gasteiger partial charge in [0.15, 0.2) is 0 Å². The van der Waals surface area contributed by atoms with Gasteiger partial charge in [0, 0.05) is 31.6 Å². The van der Waals surface area contributed by atoms with Gasteiger partial charge >= 0.3 is 6.18 Å². The van der Waals surface area contributed by atoms with Crippen molar-refractivity contribution in [2.45, 2.75) is 25.4 Å². The quantitative estimate of drug-likeness (QED) is 0.146. The largest absolute Gasteiger partial charge is 0.416 e. The average Bonchev–Trinajstić information content (AvgIpc) is 3.32. The molecule has 3 aromatic carbocycles. The van der Waals surface area contributed by atoms with Gasteiger partial charge in [-0.25, -0.2) is 9.37 Å². The van der Waals surface area contributed by atoms with Gasteiger partial charge in [0.1, 0.15) is 18.4 Å². The smallest absolute Gasteiger partial charge is 0.400 e. The Morgan fingerprint density at radius 2 is 1.66 bits per heavy atom. The molecule has 7 nitrogen and oxygen atoms in total. The molecule has 0 aliphatic carbocycles. The average molecular weight is 653 g/mol. The van der Waals surface area contributed by atoms with Gasteiger partial charge in [-0.1, -0.05) is 43.1 Å². The first kappa shape index (κ1) is 36.8. The van der Waals surface area contributed by atoms with Gasteiger partial charge < -0.3 is 19.8 Å². The van der Waals surface area contributed by atoms with Crippen LogP contribution in [0.5, 0.6) is 0 Å². The molecule has 2 unspecified atom stereocenters.